The monoisotopic (exact) mass is 290 g/mol. The lowest BCUT2D eigenvalue weighted by Gasteiger charge is -2.32. The Balaban J connectivity index is 1.35. The molecule has 116 valence electrons. The van der Waals surface area contributed by atoms with Crippen LogP contribution in [0.4, 0.5) is 0 Å². The Morgan fingerprint density at radius 3 is 2.38 bits per heavy atom. The normalized spacial score (nSPS) is 30.2. The van der Waals surface area contributed by atoms with Crippen molar-refractivity contribution >= 4 is 0 Å². The van der Waals surface area contributed by atoms with Crippen LogP contribution in [0.1, 0.15) is 50.5 Å². The summed E-state index contributed by atoms with van der Waals surface area (Å²) in [4.78, 5) is 0. The third-order valence-corrected chi connectivity index (χ3v) is 4.43. The Morgan fingerprint density at radius 1 is 0.905 bits per heavy atom. The fourth-order valence-corrected chi connectivity index (χ4v) is 3.16. The summed E-state index contributed by atoms with van der Waals surface area (Å²) in [6.07, 6.45) is 8.67. The molecule has 0 spiro atoms. The molecule has 1 aromatic rings. The van der Waals surface area contributed by atoms with Gasteiger partial charge in [0.05, 0.1) is 18.8 Å². The van der Waals surface area contributed by atoms with Crippen LogP contribution in [0.2, 0.25) is 0 Å². The van der Waals surface area contributed by atoms with E-state index in [-0.39, 0.29) is 6.29 Å². The summed E-state index contributed by atoms with van der Waals surface area (Å²) in [7, 11) is 0. The van der Waals surface area contributed by atoms with Crippen LogP contribution in [-0.2, 0) is 20.8 Å². The summed E-state index contributed by atoms with van der Waals surface area (Å²) in [6, 6.07) is 10.4. The van der Waals surface area contributed by atoms with Gasteiger partial charge in [-0.05, 0) is 50.5 Å². The molecule has 3 rings (SSSR count). The van der Waals surface area contributed by atoms with Crippen LogP contribution in [0.3, 0.4) is 0 Å². The van der Waals surface area contributed by atoms with Crippen LogP contribution in [0.15, 0.2) is 30.3 Å². The summed E-state index contributed by atoms with van der Waals surface area (Å²) in [5.74, 6) is 0. The lowest BCUT2D eigenvalue weighted by Crippen LogP contribution is -2.32. The van der Waals surface area contributed by atoms with Gasteiger partial charge in [0.2, 0.25) is 0 Å². The number of hydrogen-bond donors (Lipinski definition) is 0. The first-order valence-corrected chi connectivity index (χ1v) is 8.33. The molecular formula is C18H26O3. The van der Waals surface area contributed by atoms with Gasteiger partial charge in [-0.15, -0.1) is 0 Å². The van der Waals surface area contributed by atoms with E-state index < -0.39 is 0 Å². The predicted octanol–water partition coefficient (Wildman–Crippen LogP) is 4.06. The first kappa shape index (κ1) is 15.0. The molecule has 3 heteroatoms. The highest BCUT2D eigenvalue weighted by Crippen LogP contribution is 2.27. The van der Waals surface area contributed by atoms with Crippen LogP contribution in [-0.4, -0.2) is 25.1 Å². The van der Waals surface area contributed by atoms with Gasteiger partial charge < -0.3 is 14.2 Å². The van der Waals surface area contributed by atoms with Crippen LogP contribution in [0, 0.1) is 0 Å². The van der Waals surface area contributed by atoms with E-state index in [0.717, 1.165) is 45.3 Å². The highest BCUT2D eigenvalue weighted by Gasteiger charge is 2.25. The molecule has 1 aliphatic heterocycles. The third kappa shape index (κ3) is 4.80. The Labute approximate surface area is 127 Å². The number of rotatable bonds is 5. The second kappa shape index (κ2) is 7.92. The molecule has 0 aromatic heterocycles. The van der Waals surface area contributed by atoms with Crippen molar-refractivity contribution in [2.75, 3.05) is 6.61 Å². The van der Waals surface area contributed by atoms with E-state index >= 15 is 0 Å². The highest BCUT2D eigenvalue weighted by molar-refractivity contribution is 5.13. The molecule has 1 aliphatic carbocycles. The maximum absolute atomic E-state index is 6.07. The number of ether oxygens (including phenoxy) is 3. The molecule has 1 unspecified atom stereocenters. The Bertz CT molecular complexity index is 392. The molecule has 1 saturated heterocycles. The molecule has 0 radical (unpaired) electrons. The molecule has 0 amide bonds. The number of benzene rings is 1. The van der Waals surface area contributed by atoms with Crippen molar-refractivity contribution < 1.29 is 14.2 Å². The molecular weight excluding hydrogens is 264 g/mol. The van der Waals surface area contributed by atoms with E-state index in [0.29, 0.717) is 12.2 Å². The lowest BCUT2D eigenvalue weighted by atomic mass is 9.95. The Kier molecular flexibility index (Phi) is 5.67. The zero-order chi connectivity index (χ0) is 14.3. The molecule has 1 saturated carbocycles. The molecule has 3 nitrogen and oxygen atoms in total. The molecule has 1 heterocycles. The summed E-state index contributed by atoms with van der Waals surface area (Å²) in [5, 5.41) is 0. The van der Waals surface area contributed by atoms with Gasteiger partial charge in [-0.3, -0.25) is 0 Å². The molecule has 2 aliphatic rings. The third-order valence-electron chi connectivity index (χ3n) is 4.43. The average Bonchev–Trinajstić information content (AvgIpc) is 2.56. The van der Waals surface area contributed by atoms with Gasteiger partial charge in [0.1, 0.15) is 0 Å². The van der Waals surface area contributed by atoms with Crippen molar-refractivity contribution in [3.8, 4) is 0 Å². The van der Waals surface area contributed by atoms with Crippen molar-refractivity contribution in [2.45, 2.75) is 70.1 Å². The average molecular weight is 290 g/mol. The maximum Gasteiger partial charge on any atom is 0.157 e. The molecule has 1 atom stereocenters. The Hall–Kier alpha value is -0.900. The van der Waals surface area contributed by atoms with Crippen molar-refractivity contribution in [3.63, 3.8) is 0 Å². The molecule has 0 N–H and O–H groups in total. The van der Waals surface area contributed by atoms with E-state index in [4.69, 9.17) is 14.2 Å². The topological polar surface area (TPSA) is 27.7 Å². The predicted molar refractivity (Wildman–Crippen MR) is 82.0 cm³/mol. The first-order valence-electron chi connectivity index (χ1n) is 8.33. The van der Waals surface area contributed by atoms with Crippen molar-refractivity contribution in [1.29, 1.82) is 0 Å². The quantitative estimate of drug-likeness (QED) is 0.818. The van der Waals surface area contributed by atoms with E-state index in [9.17, 15) is 0 Å². The van der Waals surface area contributed by atoms with Crippen LogP contribution in [0.5, 0.6) is 0 Å². The van der Waals surface area contributed by atoms with E-state index in [1.165, 1.54) is 18.4 Å². The van der Waals surface area contributed by atoms with Crippen LogP contribution in [0.25, 0.3) is 0 Å². The largest absolute Gasteiger partial charge is 0.374 e. The van der Waals surface area contributed by atoms with Gasteiger partial charge in [0, 0.05) is 6.61 Å². The zero-order valence-electron chi connectivity index (χ0n) is 12.7. The highest BCUT2D eigenvalue weighted by atomic mass is 16.7. The van der Waals surface area contributed by atoms with Gasteiger partial charge in [-0.2, -0.15) is 0 Å². The van der Waals surface area contributed by atoms with E-state index in [1.807, 2.05) is 6.07 Å². The lowest BCUT2D eigenvalue weighted by molar-refractivity contribution is -0.197. The maximum atomic E-state index is 6.07. The minimum atomic E-state index is 0.0468. The summed E-state index contributed by atoms with van der Waals surface area (Å²) in [6.45, 7) is 1.59. The van der Waals surface area contributed by atoms with Crippen molar-refractivity contribution in [1.82, 2.24) is 0 Å². The first-order chi connectivity index (χ1) is 10.4. The van der Waals surface area contributed by atoms with Gasteiger partial charge in [-0.1, -0.05) is 30.3 Å². The van der Waals surface area contributed by atoms with Crippen molar-refractivity contribution in [2.24, 2.45) is 0 Å². The van der Waals surface area contributed by atoms with E-state index in [2.05, 4.69) is 24.3 Å². The standard InChI is InChI=1S/C18H26O3/c1-2-6-15(7-3-1)14-20-16-9-11-17(12-10-16)21-18-8-4-5-13-19-18/h1-3,6-7,16-18H,4-5,8-14H2. The molecule has 2 fully saturated rings. The Morgan fingerprint density at radius 2 is 1.67 bits per heavy atom. The van der Waals surface area contributed by atoms with Crippen LogP contribution >= 0.6 is 0 Å². The SMILES string of the molecule is c1ccc(COC2CCC(OC3CCCCO3)CC2)cc1. The molecule has 1 aromatic carbocycles. The summed E-state index contributed by atoms with van der Waals surface area (Å²) < 4.78 is 17.7. The van der Waals surface area contributed by atoms with Gasteiger partial charge in [-0.25, -0.2) is 0 Å². The smallest absolute Gasteiger partial charge is 0.157 e. The minimum Gasteiger partial charge on any atom is -0.374 e. The molecule has 21 heavy (non-hydrogen) atoms. The fourth-order valence-electron chi connectivity index (χ4n) is 3.16. The fraction of sp³-hybridized carbons (Fsp3) is 0.667. The number of hydrogen-bond acceptors (Lipinski definition) is 3. The van der Waals surface area contributed by atoms with Gasteiger partial charge in [0.25, 0.3) is 0 Å². The molecule has 0 bridgehead atoms. The second-order valence-electron chi connectivity index (χ2n) is 6.13. The summed E-state index contributed by atoms with van der Waals surface area (Å²) in [5.41, 5.74) is 1.26. The zero-order valence-corrected chi connectivity index (χ0v) is 12.7. The second-order valence-corrected chi connectivity index (χ2v) is 6.13. The van der Waals surface area contributed by atoms with E-state index in [1.54, 1.807) is 0 Å². The summed E-state index contributed by atoms with van der Waals surface area (Å²) >= 11 is 0. The van der Waals surface area contributed by atoms with Gasteiger partial charge >= 0.3 is 0 Å². The minimum absolute atomic E-state index is 0.0468. The van der Waals surface area contributed by atoms with Crippen LogP contribution < -0.4 is 0 Å². The van der Waals surface area contributed by atoms with Crippen molar-refractivity contribution in [3.05, 3.63) is 35.9 Å². The van der Waals surface area contributed by atoms with Gasteiger partial charge in [0.15, 0.2) is 6.29 Å².